The third-order valence-electron chi connectivity index (χ3n) is 2.65. The van der Waals surface area contributed by atoms with E-state index in [0.717, 1.165) is 12.1 Å². The van der Waals surface area contributed by atoms with Crippen LogP contribution in [0, 0.1) is 11.6 Å². The summed E-state index contributed by atoms with van der Waals surface area (Å²) in [6.45, 7) is 0. The van der Waals surface area contributed by atoms with Gasteiger partial charge in [-0.15, -0.1) is 0 Å². The van der Waals surface area contributed by atoms with Crippen molar-refractivity contribution < 1.29 is 13.6 Å². The van der Waals surface area contributed by atoms with Gasteiger partial charge >= 0.3 is 0 Å². The molecule has 2 aromatic rings. The second kappa shape index (κ2) is 6.38. The summed E-state index contributed by atoms with van der Waals surface area (Å²) in [6, 6.07) is 6.61. The van der Waals surface area contributed by atoms with Gasteiger partial charge in [0.1, 0.15) is 5.69 Å². The largest absolute Gasteiger partial charge is 0.321 e. The number of nitrogens with two attached hydrogens (primary N) is 1. The first-order valence-corrected chi connectivity index (χ1v) is 6.82. The Kier molecular flexibility index (Phi) is 4.76. The van der Waals surface area contributed by atoms with Crippen LogP contribution in [0.15, 0.2) is 34.8 Å². The third kappa shape index (κ3) is 3.31. The number of anilines is 2. The second-order valence-corrected chi connectivity index (χ2v) is 5.21. The van der Waals surface area contributed by atoms with E-state index in [9.17, 15) is 13.6 Å². The maximum Gasteiger partial charge on any atom is 0.255 e. The van der Waals surface area contributed by atoms with Gasteiger partial charge in [0.15, 0.2) is 11.6 Å². The molecule has 0 fully saturated rings. The summed E-state index contributed by atoms with van der Waals surface area (Å²) in [5, 5.41) is 2.90. The molecule has 0 aliphatic rings. The van der Waals surface area contributed by atoms with Gasteiger partial charge in [0.2, 0.25) is 0 Å². The highest BCUT2D eigenvalue weighted by Crippen LogP contribution is 2.30. The van der Waals surface area contributed by atoms with Gasteiger partial charge in [0.25, 0.3) is 5.91 Å². The predicted octanol–water partition coefficient (Wildman–Crippen LogP) is 3.92. The number of hydrogen-bond donors (Lipinski definition) is 3. The molecule has 0 radical (unpaired) electrons. The maximum atomic E-state index is 13.6. The molecule has 0 atom stereocenters. The maximum absolute atomic E-state index is 13.6. The third-order valence-corrected chi connectivity index (χ3v) is 4.05. The average molecular weight is 377 g/mol. The molecule has 0 bridgehead atoms. The molecular weight excluding hydrogens is 368 g/mol. The summed E-state index contributed by atoms with van der Waals surface area (Å²) in [7, 11) is 0. The Balaban J connectivity index is 2.31. The van der Waals surface area contributed by atoms with Crippen LogP contribution >= 0.6 is 27.5 Å². The summed E-state index contributed by atoms with van der Waals surface area (Å²) in [5.74, 6) is 2.38. The molecule has 0 aliphatic carbocycles. The van der Waals surface area contributed by atoms with Crippen molar-refractivity contribution in [3.63, 3.8) is 0 Å². The lowest BCUT2D eigenvalue weighted by molar-refractivity contribution is 0.102. The van der Waals surface area contributed by atoms with Crippen LogP contribution in [-0.2, 0) is 0 Å². The Morgan fingerprint density at radius 1 is 1.24 bits per heavy atom. The van der Waals surface area contributed by atoms with Crippen molar-refractivity contribution in [3.05, 3.63) is 57.0 Å². The van der Waals surface area contributed by atoms with Crippen LogP contribution in [0.1, 0.15) is 10.4 Å². The molecule has 2 aromatic carbocycles. The first kappa shape index (κ1) is 15.7. The van der Waals surface area contributed by atoms with Crippen LogP contribution in [0.3, 0.4) is 0 Å². The van der Waals surface area contributed by atoms with Gasteiger partial charge in [-0.2, -0.15) is 0 Å². The number of halogens is 4. The number of nitrogens with one attached hydrogen (secondary N) is 2. The van der Waals surface area contributed by atoms with Gasteiger partial charge < -0.3 is 10.7 Å². The van der Waals surface area contributed by atoms with Gasteiger partial charge in [0.05, 0.1) is 15.2 Å². The molecule has 4 nitrogen and oxygen atoms in total. The minimum absolute atomic E-state index is 0.184. The molecule has 0 saturated heterocycles. The minimum atomic E-state index is -0.965. The van der Waals surface area contributed by atoms with Crippen LogP contribution in [0.5, 0.6) is 0 Å². The Morgan fingerprint density at radius 3 is 2.43 bits per heavy atom. The zero-order valence-corrected chi connectivity index (χ0v) is 12.7. The molecule has 1 amide bonds. The highest BCUT2D eigenvalue weighted by molar-refractivity contribution is 9.10. The lowest BCUT2D eigenvalue weighted by Crippen LogP contribution is -2.15. The van der Waals surface area contributed by atoms with Gasteiger partial charge in [-0.05, 0) is 40.2 Å². The number of amides is 1. The van der Waals surface area contributed by atoms with E-state index in [-0.39, 0.29) is 5.56 Å². The molecule has 110 valence electrons. The number of hydrazine groups is 1. The zero-order valence-electron chi connectivity index (χ0n) is 10.4. The van der Waals surface area contributed by atoms with E-state index in [0.29, 0.717) is 15.2 Å². The van der Waals surface area contributed by atoms with Crippen LogP contribution in [0.4, 0.5) is 20.2 Å². The summed E-state index contributed by atoms with van der Waals surface area (Å²) >= 11 is 9.10. The summed E-state index contributed by atoms with van der Waals surface area (Å²) in [4.78, 5) is 12.0. The van der Waals surface area contributed by atoms with E-state index in [1.807, 2.05) is 5.43 Å². The summed E-state index contributed by atoms with van der Waals surface area (Å²) < 4.78 is 27.6. The molecule has 0 spiro atoms. The number of carbonyl (C=O) groups is 1. The van der Waals surface area contributed by atoms with Gasteiger partial charge in [0, 0.05) is 5.56 Å². The van der Waals surface area contributed by atoms with E-state index in [1.165, 1.54) is 0 Å². The van der Waals surface area contributed by atoms with Crippen molar-refractivity contribution in [2.24, 2.45) is 5.84 Å². The van der Waals surface area contributed by atoms with Crippen LogP contribution in [-0.4, -0.2) is 5.91 Å². The molecule has 0 heterocycles. The average Bonchev–Trinajstić information content (AvgIpc) is 2.43. The molecular formula is C13H9BrClF2N3O. The number of rotatable bonds is 3. The van der Waals surface area contributed by atoms with Crippen molar-refractivity contribution in [2.75, 3.05) is 10.7 Å². The number of nitrogen functional groups attached to an aromatic ring is 1. The van der Waals surface area contributed by atoms with Gasteiger partial charge in [-0.25, -0.2) is 8.78 Å². The monoisotopic (exact) mass is 375 g/mol. The predicted molar refractivity (Wildman–Crippen MR) is 81.3 cm³/mol. The van der Waals surface area contributed by atoms with E-state index < -0.39 is 23.2 Å². The normalized spacial score (nSPS) is 10.3. The summed E-state index contributed by atoms with van der Waals surface area (Å²) in [6.07, 6.45) is 0. The topological polar surface area (TPSA) is 67.1 Å². The number of carbonyl (C=O) groups excluding carboxylic acids is 1. The fourth-order valence-electron chi connectivity index (χ4n) is 1.64. The molecule has 0 saturated carbocycles. The van der Waals surface area contributed by atoms with Gasteiger partial charge in [-0.1, -0.05) is 17.7 Å². The smallest absolute Gasteiger partial charge is 0.255 e. The molecule has 8 heteroatoms. The van der Waals surface area contributed by atoms with E-state index in [4.69, 9.17) is 17.4 Å². The number of benzene rings is 2. The van der Waals surface area contributed by atoms with Crippen molar-refractivity contribution in [2.45, 2.75) is 0 Å². The molecule has 0 aromatic heterocycles. The molecule has 0 unspecified atom stereocenters. The molecule has 21 heavy (non-hydrogen) atoms. The SMILES string of the molecule is NNc1c(F)cc(C(=O)Nc2cccc(Cl)c2Br)cc1F. The van der Waals surface area contributed by atoms with Crippen LogP contribution in [0.2, 0.25) is 5.02 Å². The number of hydrogen-bond acceptors (Lipinski definition) is 3. The quantitative estimate of drug-likeness (QED) is 0.562. The minimum Gasteiger partial charge on any atom is -0.321 e. The Bertz CT molecular complexity index is 689. The van der Waals surface area contributed by atoms with E-state index in [2.05, 4.69) is 21.2 Å². The van der Waals surface area contributed by atoms with Crippen molar-refractivity contribution >= 4 is 44.8 Å². The standard InChI is InChI=1S/C13H9BrClF2N3O/c14-11-7(15)2-1-3-10(11)19-13(21)6-4-8(16)12(20-18)9(17)5-6/h1-5,20H,18H2,(H,19,21). The first-order valence-electron chi connectivity index (χ1n) is 5.65. The Hall–Kier alpha value is -1.70. The lowest BCUT2D eigenvalue weighted by atomic mass is 10.1. The van der Waals surface area contributed by atoms with Crippen molar-refractivity contribution in [3.8, 4) is 0 Å². The highest BCUT2D eigenvalue weighted by Gasteiger charge is 2.16. The fourth-order valence-corrected chi connectivity index (χ4v) is 2.17. The van der Waals surface area contributed by atoms with Crippen molar-refractivity contribution in [1.29, 1.82) is 0 Å². The zero-order chi connectivity index (χ0) is 15.6. The van der Waals surface area contributed by atoms with E-state index >= 15 is 0 Å². The van der Waals surface area contributed by atoms with E-state index in [1.54, 1.807) is 18.2 Å². The molecule has 0 aliphatic heterocycles. The highest BCUT2D eigenvalue weighted by atomic mass is 79.9. The van der Waals surface area contributed by atoms with Crippen LogP contribution < -0.4 is 16.6 Å². The Morgan fingerprint density at radius 2 is 1.86 bits per heavy atom. The molecule has 4 N–H and O–H groups in total. The van der Waals surface area contributed by atoms with Crippen LogP contribution in [0.25, 0.3) is 0 Å². The van der Waals surface area contributed by atoms with Crippen molar-refractivity contribution in [1.82, 2.24) is 0 Å². The second-order valence-electron chi connectivity index (χ2n) is 4.01. The first-order chi connectivity index (χ1) is 9.93. The molecule has 2 rings (SSSR count). The Labute approximate surface area is 132 Å². The summed E-state index contributed by atoms with van der Waals surface area (Å²) in [5.41, 5.74) is 1.58. The fraction of sp³-hybridized carbons (Fsp3) is 0. The van der Waals surface area contributed by atoms with Gasteiger partial charge in [-0.3, -0.25) is 10.6 Å². The lowest BCUT2D eigenvalue weighted by Gasteiger charge is -2.10.